The van der Waals surface area contributed by atoms with Crippen molar-refractivity contribution in [3.8, 4) is 0 Å². The third-order valence-electron chi connectivity index (χ3n) is 2.16. The Morgan fingerprint density at radius 2 is 1.65 bits per heavy atom. The van der Waals surface area contributed by atoms with E-state index in [0.29, 0.717) is 12.1 Å². The number of carboxylic acids is 1. The molecule has 1 aromatic carbocycles. The molecule has 0 aliphatic rings. The minimum absolute atomic E-state index is 0.191. The largest absolute Gasteiger partial charge is 0.480 e. The molecule has 0 aromatic heterocycles. The van der Waals surface area contributed by atoms with Gasteiger partial charge >= 0.3 is 12.1 Å². The lowest BCUT2D eigenvalue weighted by Gasteiger charge is -2.22. The molecule has 0 aliphatic heterocycles. The van der Waals surface area contributed by atoms with Crippen LogP contribution in [0.4, 0.5) is 22.0 Å². The van der Waals surface area contributed by atoms with E-state index < -0.39 is 48.3 Å². The molecule has 0 saturated carbocycles. The molecule has 110 valence electrons. The van der Waals surface area contributed by atoms with Gasteiger partial charge in [0, 0.05) is 0 Å². The number of nitrogens with zero attached hydrogens (tertiary/aromatic N) is 1. The fourth-order valence-electron chi connectivity index (χ4n) is 1.44. The molecular formula is C11H8F5NO3. The molecule has 0 saturated heterocycles. The van der Waals surface area contributed by atoms with Gasteiger partial charge in [-0.2, -0.15) is 13.2 Å². The number of rotatable bonds is 4. The predicted molar refractivity (Wildman–Crippen MR) is 56.0 cm³/mol. The maximum atomic E-state index is 13.3. The van der Waals surface area contributed by atoms with Crippen LogP contribution in [-0.2, 0) is 4.79 Å². The molecule has 9 heteroatoms. The first kappa shape index (κ1) is 15.9. The lowest BCUT2D eigenvalue weighted by atomic mass is 10.1. The summed E-state index contributed by atoms with van der Waals surface area (Å²) in [5, 5.41) is 8.47. The van der Waals surface area contributed by atoms with Gasteiger partial charge in [0.15, 0.2) is 0 Å². The van der Waals surface area contributed by atoms with E-state index in [0.717, 1.165) is 6.07 Å². The second-order valence-electron chi connectivity index (χ2n) is 3.77. The summed E-state index contributed by atoms with van der Waals surface area (Å²) in [5.74, 6) is -6.15. The Kier molecular flexibility index (Phi) is 4.64. The number of carbonyl (C=O) groups excluding carboxylic acids is 1. The van der Waals surface area contributed by atoms with E-state index in [1.165, 1.54) is 0 Å². The first-order chi connectivity index (χ1) is 9.11. The van der Waals surface area contributed by atoms with Crippen molar-refractivity contribution in [3.63, 3.8) is 0 Å². The molecule has 1 N–H and O–H groups in total. The van der Waals surface area contributed by atoms with E-state index in [-0.39, 0.29) is 4.90 Å². The van der Waals surface area contributed by atoms with Crippen molar-refractivity contribution < 1.29 is 36.6 Å². The Morgan fingerprint density at radius 3 is 2.05 bits per heavy atom. The number of benzene rings is 1. The Morgan fingerprint density at radius 1 is 1.15 bits per heavy atom. The van der Waals surface area contributed by atoms with E-state index >= 15 is 0 Å². The summed E-state index contributed by atoms with van der Waals surface area (Å²) < 4.78 is 63.4. The minimum Gasteiger partial charge on any atom is -0.480 e. The summed E-state index contributed by atoms with van der Waals surface area (Å²) in [6, 6.07) is 2.29. The van der Waals surface area contributed by atoms with E-state index in [1.807, 2.05) is 0 Å². The van der Waals surface area contributed by atoms with Gasteiger partial charge in [-0.15, -0.1) is 0 Å². The average Bonchev–Trinajstić information content (AvgIpc) is 2.25. The van der Waals surface area contributed by atoms with Crippen LogP contribution >= 0.6 is 0 Å². The van der Waals surface area contributed by atoms with Gasteiger partial charge in [-0.25, -0.2) is 8.78 Å². The number of aliphatic carboxylic acids is 1. The summed E-state index contributed by atoms with van der Waals surface area (Å²) in [6.07, 6.45) is -4.90. The highest BCUT2D eigenvalue weighted by Crippen LogP contribution is 2.20. The van der Waals surface area contributed by atoms with Crippen LogP contribution < -0.4 is 0 Å². The topological polar surface area (TPSA) is 57.6 Å². The van der Waals surface area contributed by atoms with Crippen LogP contribution in [0.15, 0.2) is 18.2 Å². The van der Waals surface area contributed by atoms with Gasteiger partial charge in [-0.3, -0.25) is 9.59 Å². The molecule has 0 aliphatic carbocycles. The van der Waals surface area contributed by atoms with Crippen molar-refractivity contribution in [3.05, 3.63) is 35.4 Å². The van der Waals surface area contributed by atoms with E-state index in [4.69, 9.17) is 5.11 Å². The number of halogens is 5. The molecule has 0 spiro atoms. The standard InChI is InChI=1S/C11H8F5NO3/c12-6-2-1-3-7(13)9(6)10(20)17(4-8(18)19)5-11(14,15)16/h1-3H,4-5H2,(H,18,19). The van der Waals surface area contributed by atoms with E-state index in [9.17, 15) is 31.5 Å². The van der Waals surface area contributed by atoms with Crippen LogP contribution in [0.1, 0.15) is 10.4 Å². The van der Waals surface area contributed by atoms with Crippen LogP contribution in [0.5, 0.6) is 0 Å². The Bertz CT molecular complexity index is 509. The normalized spacial score (nSPS) is 11.2. The summed E-state index contributed by atoms with van der Waals surface area (Å²) in [5.41, 5.74) is -1.22. The Balaban J connectivity index is 3.13. The van der Waals surface area contributed by atoms with Crippen LogP contribution in [0, 0.1) is 11.6 Å². The average molecular weight is 297 g/mol. The Labute approximate surface area is 109 Å². The highest BCUT2D eigenvalue weighted by molar-refractivity contribution is 5.96. The maximum Gasteiger partial charge on any atom is 0.406 e. The quantitative estimate of drug-likeness (QED) is 0.865. The van der Waals surface area contributed by atoms with Crippen LogP contribution in [0.3, 0.4) is 0 Å². The van der Waals surface area contributed by atoms with Crippen LogP contribution in [0.2, 0.25) is 0 Å². The van der Waals surface area contributed by atoms with Gasteiger partial charge in [0.1, 0.15) is 30.3 Å². The molecule has 0 atom stereocenters. The highest BCUT2D eigenvalue weighted by Gasteiger charge is 2.35. The van der Waals surface area contributed by atoms with E-state index in [1.54, 1.807) is 0 Å². The SMILES string of the molecule is O=C(O)CN(CC(F)(F)F)C(=O)c1c(F)cccc1F. The highest BCUT2D eigenvalue weighted by atomic mass is 19.4. The monoisotopic (exact) mass is 297 g/mol. The van der Waals surface area contributed by atoms with Gasteiger partial charge in [0.25, 0.3) is 5.91 Å². The van der Waals surface area contributed by atoms with Crippen molar-refractivity contribution in [2.24, 2.45) is 0 Å². The molecular weight excluding hydrogens is 289 g/mol. The fourth-order valence-corrected chi connectivity index (χ4v) is 1.44. The zero-order valence-corrected chi connectivity index (χ0v) is 9.75. The minimum atomic E-state index is -4.90. The second-order valence-corrected chi connectivity index (χ2v) is 3.77. The predicted octanol–water partition coefficient (Wildman–Crippen LogP) is 2.05. The number of carboxylic acid groups (broad SMARTS) is 1. The van der Waals surface area contributed by atoms with Gasteiger partial charge in [-0.05, 0) is 12.1 Å². The number of alkyl halides is 3. The molecule has 4 nitrogen and oxygen atoms in total. The molecule has 1 rings (SSSR count). The summed E-state index contributed by atoms with van der Waals surface area (Å²) in [6.45, 7) is -3.25. The number of carbonyl (C=O) groups is 2. The molecule has 1 aromatic rings. The molecule has 0 unspecified atom stereocenters. The molecule has 0 radical (unpaired) electrons. The first-order valence-electron chi connectivity index (χ1n) is 5.13. The van der Waals surface area contributed by atoms with Gasteiger partial charge < -0.3 is 10.0 Å². The fraction of sp³-hybridized carbons (Fsp3) is 0.273. The third-order valence-corrected chi connectivity index (χ3v) is 2.16. The van der Waals surface area contributed by atoms with Crippen molar-refractivity contribution in [2.45, 2.75) is 6.18 Å². The zero-order valence-electron chi connectivity index (χ0n) is 9.75. The van der Waals surface area contributed by atoms with Crippen molar-refractivity contribution >= 4 is 11.9 Å². The molecule has 0 bridgehead atoms. The molecule has 20 heavy (non-hydrogen) atoms. The lowest BCUT2D eigenvalue weighted by Crippen LogP contribution is -2.42. The summed E-state index contributed by atoms with van der Waals surface area (Å²) >= 11 is 0. The molecule has 0 fully saturated rings. The van der Waals surface area contributed by atoms with Gasteiger partial charge in [0.05, 0.1) is 0 Å². The van der Waals surface area contributed by atoms with Crippen molar-refractivity contribution in [2.75, 3.05) is 13.1 Å². The molecule has 1 amide bonds. The second kappa shape index (κ2) is 5.85. The lowest BCUT2D eigenvalue weighted by molar-refractivity contribution is -0.149. The van der Waals surface area contributed by atoms with E-state index in [2.05, 4.69) is 0 Å². The number of hydrogen-bond donors (Lipinski definition) is 1. The van der Waals surface area contributed by atoms with Gasteiger partial charge in [-0.1, -0.05) is 6.07 Å². The van der Waals surface area contributed by atoms with Crippen LogP contribution in [0.25, 0.3) is 0 Å². The maximum absolute atomic E-state index is 13.3. The Hall–Kier alpha value is -2.19. The third kappa shape index (κ3) is 4.18. The summed E-state index contributed by atoms with van der Waals surface area (Å²) in [7, 11) is 0. The number of hydrogen-bond acceptors (Lipinski definition) is 2. The zero-order chi connectivity index (χ0) is 15.5. The van der Waals surface area contributed by atoms with Gasteiger partial charge in [0.2, 0.25) is 0 Å². The number of amides is 1. The van der Waals surface area contributed by atoms with Crippen LogP contribution in [-0.4, -0.2) is 41.1 Å². The van der Waals surface area contributed by atoms with Crippen molar-refractivity contribution in [1.29, 1.82) is 0 Å². The van der Waals surface area contributed by atoms with Crippen molar-refractivity contribution in [1.82, 2.24) is 4.90 Å². The smallest absolute Gasteiger partial charge is 0.406 e. The first-order valence-corrected chi connectivity index (χ1v) is 5.13. The molecule has 0 heterocycles. The summed E-state index contributed by atoms with van der Waals surface area (Å²) in [4.78, 5) is 21.9.